The van der Waals surface area contributed by atoms with Crippen molar-refractivity contribution in [1.29, 1.82) is 0 Å². The molecule has 3 aliphatic rings. The number of carbonyl (C=O) groups excluding carboxylic acids is 7. The number of likely N-dealkylation sites (N-methyl/N-ethyl adjacent to an activating group) is 2. The molecule has 21 nitrogen and oxygen atoms in total. The molecule has 3 aromatic rings. The molecule has 1 saturated heterocycles. The molecule has 2 atom stereocenters. The number of nitrogens with one attached hydrogen (secondary N) is 4. The largest absolute Gasteiger partial charge is 0.495 e. The van der Waals surface area contributed by atoms with Crippen molar-refractivity contribution in [3.8, 4) is 11.5 Å². The van der Waals surface area contributed by atoms with E-state index in [1.165, 1.54) is 25.3 Å². The number of hydrogen-bond acceptors (Lipinski definition) is 16. The highest BCUT2D eigenvalue weighted by Crippen LogP contribution is 2.36. The van der Waals surface area contributed by atoms with Crippen molar-refractivity contribution >= 4 is 64.5 Å². The molecule has 21 heteroatoms. The number of amides is 7. The molecule has 4 heterocycles. The summed E-state index contributed by atoms with van der Waals surface area (Å²) in [4.78, 5) is 101. The van der Waals surface area contributed by atoms with Crippen molar-refractivity contribution in [2.45, 2.75) is 51.1 Å². The van der Waals surface area contributed by atoms with Crippen LogP contribution in [0, 0.1) is 0 Å². The molecule has 342 valence electrons. The van der Waals surface area contributed by atoms with Gasteiger partial charge in [0, 0.05) is 52.4 Å². The van der Waals surface area contributed by atoms with Crippen LogP contribution in [0.3, 0.4) is 0 Å². The number of ether oxygens (including phenoxy) is 5. The third-order valence-corrected chi connectivity index (χ3v) is 10.7. The zero-order valence-corrected chi connectivity index (χ0v) is 36.2. The Bertz CT molecular complexity index is 2240. The van der Waals surface area contributed by atoms with E-state index in [-0.39, 0.29) is 47.6 Å². The lowest BCUT2D eigenvalue weighted by molar-refractivity contribution is -0.136. The number of nitrogens with zero attached hydrogens (tertiary/aromatic N) is 5. The predicted molar refractivity (Wildman–Crippen MR) is 230 cm³/mol. The third-order valence-electron chi connectivity index (χ3n) is 10.7. The lowest BCUT2D eigenvalue weighted by Gasteiger charge is -2.37. The number of aromatic nitrogens is 2. The Morgan fingerprint density at radius 2 is 1.58 bits per heavy atom. The van der Waals surface area contributed by atoms with Crippen LogP contribution < -0.4 is 40.5 Å². The van der Waals surface area contributed by atoms with Gasteiger partial charge in [0.1, 0.15) is 29.3 Å². The quantitative estimate of drug-likeness (QED) is 0.0780. The van der Waals surface area contributed by atoms with E-state index in [0.717, 1.165) is 4.90 Å². The van der Waals surface area contributed by atoms with E-state index in [1.54, 1.807) is 36.3 Å². The molecule has 1 fully saturated rings. The van der Waals surface area contributed by atoms with Gasteiger partial charge in [0.2, 0.25) is 23.7 Å². The summed E-state index contributed by atoms with van der Waals surface area (Å²) >= 11 is 0. The van der Waals surface area contributed by atoms with Crippen molar-refractivity contribution in [2.75, 3.05) is 95.7 Å². The summed E-state index contributed by atoms with van der Waals surface area (Å²) in [5.74, 6) is -1.85. The lowest BCUT2D eigenvalue weighted by Crippen LogP contribution is -2.54. The zero-order chi connectivity index (χ0) is 45.8. The molecular weight excluding hydrogens is 835 g/mol. The van der Waals surface area contributed by atoms with Crippen LogP contribution in [0.1, 0.15) is 70.1 Å². The van der Waals surface area contributed by atoms with Crippen molar-refractivity contribution < 1.29 is 57.2 Å². The van der Waals surface area contributed by atoms with Crippen LogP contribution in [0.2, 0.25) is 0 Å². The monoisotopic (exact) mass is 887 g/mol. The molecule has 0 bridgehead atoms. The first-order chi connectivity index (χ1) is 30.9. The van der Waals surface area contributed by atoms with E-state index in [9.17, 15) is 33.6 Å². The lowest BCUT2D eigenvalue weighted by atomic mass is 10.0. The maximum atomic E-state index is 13.2. The molecule has 64 heavy (non-hydrogen) atoms. The molecule has 0 spiro atoms. The summed E-state index contributed by atoms with van der Waals surface area (Å²) in [6.07, 6.45) is 3.40. The highest BCUT2D eigenvalue weighted by atomic mass is 16.5. The van der Waals surface area contributed by atoms with Crippen LogP contribution in [0.5, 0.6) is 11.5 Å². The van der Waals surface area contributed by atoms with Gasteiger partial charge in [-0.1, -0.05) is 13.0 Å². The molecule has 0 radical (unpaired) electrons. The summed E-state index contributed by atoms with van der Waals surface area (Å²) in [7, 11) is 5.06. The molecule has 1 aromatic heterocycles. The fraction of sp³-hybridized carbons (Fsp3) is 0.465. The maximum Gasteiger partial charge on any atom is 0.266 e. The average molecular weight is 888 g/mol. The third kappa shape index (κ3) is 11.1. The molecule has 1 unspecified atom stereocenters. The minimum absolute atomic E-state index is 0.00437. The number of fused-ring (bicyclic) bond motifs is 2. The van der Waals surface area contributed by atoms with Crippen LogP contribution in [-0.4, -0.2) is 149 Å². The van der Waals surface area contributed by atoms with E-state index in [4.69, 9.17) is 23.7 Å². The van der Waals surface area contributed by atoms with Gasteiger partial charge >= 0.3 is 0 Å². The zero-order valence-electron chi connectivity index (χ0n) is 36.2. The summed E-state index contributed by atoms with van der Waals surface area (Å²) in [6.45, 7) is 4.54. The number of rotatable bonds is 23. The number of anilines is 4. The molecule has 0 saturated carbocycles. The van der Waals surface area contributed by atoms with Gasteiger partial charge < -0.3 is 49.4 Å². The number of imide groups is 2. The van der Waals surface area contributed by atoms with Crippen LogP contribution >= 0.6 is 0 Å². The van der Waals surface area contributed by atoms with Gasteiger partial charge in [-0.2, -0.15) is 4.98 Å². The Labute approximate surface area is 369 Å². The van der Waals surface area contributed by atoms with E-state index in [0.29, 0.717) is 106 Å². The van der Waals surface area contributed by atoms with Crippen LogP contribution in [0.15, 0.2) is 42.6 Å². The molecule has 3 aliphatic heterocycles. The summed E-state index contributed by atoms with van der Waals surface area (Å²) in [5, 5.41) is 10.9. The molecule has 2 aromatic carbocycles. The minimum Gasteiger partial charge on any atom is -0.495 e. The van der Waals surface area contributed by atoms with Crippen molar-refractivity contribution in [3.63, 3.8) is 0 Å². The Hall–Kier alpha value is -6.71. The first kappa shape index (κ1) is 46.8. The standard InChI is InChI=1S/C43H53N9O12/c1-5-29-41(58)51(3)31-24-46-43(49-37(31)50(29)2)47-28-12-11-26(23-33(28)60-4)38(55)45-16-8-18-62-20-22-63-21-19-61-17-7-15-44-35(54)25-64-32-10-6-9-27-36(32)42(59)52(40(27)57)30-13-14-34(53)48-39(30)56/h6,9-12,23-24,29-30H,5,7-8,13-22,25H2,1-4H3,(H,44,54)(H,45,55)(H,46,47,49)(H,48,53,56)/t29-,30?/m1/s1. The second-order valence-corrected chi connectivity index (χ2v) is 14.9. The van der Waals surface area contributed by atoms with Gasteiger partial charge in [-0.05, 0) is 56.0 Å². The van der Waals surface area contributed by atoms with Gasteiger partial charge in [-0.25, -0.2) is 4.98 Å². The van der Waals surface area contributed by atoms with Gasteiger partial charge in [-0.15, -0.1) is 0 Å². The summed E-state index contributed by atoms with van der Waals surface area (Å²) in [5.41, 5.74) is 1.63. The van der Waals surface area contributed by atoms with E-state index in [1.807, 2.05) is 18.9 Å². The fourth-order valence-corrected chi connectivity index (χ4v) is 7.30. The molecule has 6 rings (SSSR count). The number of benzene rings is 2. The first-order valence-electron chi connectivity index (χ1n) is 21.0. The smallest absolute Gasteiger partial charge is 0.266 e. The molecule has 7 amide bonds. The Morgan fingerprint density at radius 1 is 0.875 bits per heavy atom. The topological polar surface area (TPSA) is 249 Å². The van der Waals surface area contributed by atoms with Gasteiger partial charge in [0.15, 0.2) is 12.4 Å². The molecule has 0 aliphatic carbocycles. The minimum atomic E-state index is -1.11. The van der Waals surface area contributed by atoms with Crippen molar-refractivity contribution in [1.82, 2.24) is 30.8 Å². The Balaban J connectivity index is 0.779. The van der Waals surface area contributed by atoms with E-state index < -0.39 is 42.2 Å². The summed E-state index contributed by atoms with van der Waals surface area (Å²) < 4.78 is 27.8. The van der Waals surface area contributed by atoms with Crippen LogP contribution in [-0.2, 0) is 33.4 Å². The first-order valence-corrected chi connectivity index (χ1v) is 21.0. The van der Waals surface area contributed by atoms with Gasteiger partial charge in [0.05, 0.1) is 56.5 Å². The maximum absolute atomic E-state index is 13.2. The van der Waals surface area contributed by atoms with Gasteiger partial charge in [0.25, 0.3) is 23.6 Å². The second-order valence-electron chi connectivity index (χ2n) is 14.9. The Morgan fingerprint density at radius 3 is 2.27 bits per heavy atom. The number of hydrogen-bond donors (Lipinski definition) is 4. The van der Waals surface area contributed by atoms with Crippen LogP contribution in [0.4, 0.5) is 23.1 Å². The Kier molecular flexibility index (Phi) is 16.1. The van der Waals surface area contributed by atoms with Crippen LogP contribution in [0.25, 0.3) is 0 Å². The normalized spacial score (nSPS) is 16.9. The second kappa shape index (κ2) is 22.1. The SMILES string of the molecule is CC[C@@H]1C(=O)N(C)c2cnc(Nc3ccc(C(=O)NCCCOCCOCCOCCCNC(=O)COc4cccc5c4C(=O)N(C4CCC(=O)NC4=O)C5=O)cc3OC)nc2N1C. The van der Waals surface area contributed by atoms with E-state index >= 15 is 0 Å². The number of methoxy groups -OCH3 is 1. The molecule has 4 N–H and O–H groups in total. The predicted octanol–water partition coefficient (Wildman–Crippen LogP) is 1.58. The number of carbonyl (C=O) groups is 7. The summed E-state index contributed by atoms with van der Waals surface area (Å²) in [6, 6.07) is 8.03. The molecular formula is C43H53N9O12. The highest BCUT2D eigenvalue weighted by molar-refractivity contribution is 6.24. The average Bonchev–Trinajstić information content (AvgIpc) is 3.54. The van der Waals surface area contributed by atoms with Crippen molar-refractivity contribution in [2.24, 2.45) is 0 Å². The number of piperidine rings is 1. The van der Waals surface area contributed by atoms with Crippen molar-refractivity contribution in [3.05, 3.63) is 59.3 Å². The van der Waals surface area contributed by atoms with Gasteiger partial charge in [-0.3, -0.25) is 43.8 Å². The highest BCUT2D eigenvalue weighted by Gasteiger charge is 2.46. The van der Waals surface area contributed by atoms with E-state index in [2.05, 4.69) is 31.2 Å². The fourth-order valence-electron chi connectivity index (χ4n) is 7.30.